The lowest BCUT2D eigenvalue weighted by Crippen LogP contribution is -2.16. The summed E-state index contributed by atoms with van der Waals surface area (Å²) in [6.45, 7) is 4.80. The van der Waals surface area contributed by atoms with E-state index >= 15 is 0 Å². The zero-order valence-corrected chi connectivity index (χ0v) is 13.3. The molecule has 1 aliphatic rings. The Morgan fingerprint density at radius 1 is 1.43 bits per heavy atom. The molecule has 2 aromatic rings. The SMILES string of the molecule is Cc1noc(C)c1C(=O)Nc1cccc(OC[C@@H]2CCCO2)c1. The van der Waals surface area contributed by atoms with Crippen molar-refractivity contribution in [3.8, 4) is 5.75 Å². The molecule has 2 heterocycles. The van der Waals surface area contributed by atoms with Crippen LogP contribution in [-0.2, 0) is 4.74 Å². The fourth-order valence-electron chi connectivity index (χ4n) is 2.63. The average molecular weight is 316 g/mol. The number of aromatic nitrogens is 1. The van der Waals surface area contributed by atoms with Crippen LogP contribution in [0.5, 0.6) is 5.75 Å². The molecule has 0 radical (unpaired) electrons. The van der Waals surface area contributed by atoms with Gasteiger partial charge >= 0.3 is 0 Å². The number of nitrogens with zero attached hydrogens (tertiary/aromatic N) is 1. The van der Waals surface area contributed by atoms with Crippen LogP contribution < -0.4 is 10.1 Å². The maximum absolute atomic E-state index is 12.3. The number of carbonyl (C=O) groups excluding carboxylic acids is 1. The standard InChI is InChI=1S/C17H20N2O4/c1-11-16(12(2)23-19-11)17(20)18-13-5-3-6-14(9-13)22-10-15-7-4-8-21-15/h3,5-6,9,15H,4,7-8,10H2,1-2H3,(H,18,20)/t15-/m0/s1. The van der Waals surface area contributed by atoms with Crippen molar-refractivity contribution in [2.24, 2.45) is 0 Å². The largest absolute Gasteiger partial charge is 0.491 e. The van der Waals surface area contributed by atoms with E-state index in [0.717, 1.165) is 19.4 Å². The van der Waals surface area contributed by atoms with Gasteiger partial charge in [-0.2, -0.15) is 0 Å². The van der Waals surface area contributed by atoms with Crippen molar-refractivity contribution >= 4 is 11.6 Å². The Hall–Kier alpha value is -2.34. The number of anilines is 1. The highest BCUT2D eigenvalue weighted by Gasteiger charge is 2.18. The first kappa shape index (κ1) is 15.6. The van der Waals surface area contributed by atoms with Crippen molar-refractivity contribution in [3.05, 3.63) is 41.3 Å². The highest BCUT2D eigenvalue weighted by Crippen LogP contribution is 2.21. The molecule has 0 bridgehead atoms. The summed E-state index contributed by atoms with van der Waals surface area (Å²) < 4.78 is 16.3. The second kappa shape index (κ2) is 6.83. The monoisotopic (exact) mass is 316 g/mol. The number of hydrogen-bond acceptors (Lipinski definition) is 5. The topological polar surface area (TPSA) is 73.6 Å². The lowest BCUT2D eigenvalue weighted by molar-refractivity contribution is 0.0680. The van der Waals surface area contributed by atoms with E-state index in [-0.39, 0.29) is 12.0 Å². The minimum absolute atomic E-state index is 0.163. The van der Waals surface area contributed by atoms with Gasteiger partial charge in [0.05, 0.1) is 11.8 Å². The minimum atomic E-state index is -0.238. The highest BCUT2D eigenvalue weighted by molar-refractivity contribution is 6.05. The zero-order chi connectivity index (χ0) is 16.2. The van der Waals surface area contributed by atoms with E-state index in [1.54, 1.807) is 19.9 Å². The quantitative estimate of drug-likeness (QED) is 0.917. The molecule has 23 heavy (non-hydrogen) atoms. The maximum Gasteiger partial charge on any atom is 0.261 e. The molecule has 1 aliphatic heterocycles. The van der Waals surface area contributed by atoms with Gasteiger partial charge in [0.25, 0.3) is 5.91 Å². The number of amides is 1. The van der Waals surface area contributed by atoms with Gasteiger partial charge in [0.2, 0.25) is 0 Å². The molecule has 122 valence electrons. The summed E-state index contributed by atoms with van der Waals surface area (Å²) in [7, 11) is 0. The van der Waals surface area contributed by atoms with E-state index in [1.165, 1.54) is 0 Å². The Morgan fingerprint density at radius 2 is 2.30 bits per heavy atom. The molecule has 0 unspecified atom stereocenters. The number of carbonyl (C=O) groups is 1. The Morgan fingerprint density at radius 3 is 3.00 bits per heavy atom. The molecule has 1 N–H and O–H groups in total. The summed E-state index contributed by atoms with van der Waals surface area (Å²) in [5.74, 6) is 0.973. The van der Waals surface area contributed by atoms with Crippen LogP contribution in [0.15, 0.2) is 28.8 Å². The van der Waals surface area contributed by atoms with Crippen LogP contribution in [0.3, 0.4) is 0 Å². The Labute approximate surface area is 134 Å². The van der Waals surface area contributed by atoms with E-state index in [9.17, 15) is 4.79 Å². The summed E-state index contributed by atoms with van der Waals surface area (Å²) >= 11 is 0. The maximum atomic E-state index is 12.3. The molecule has 0 aliphatic carbocycles. The highest BCUT2D eigenvalue weighted by atomic mass is 16.5. The van der Waals surface area contributed by atoms with Gasteiger partial charge in [-0.25, -0.2) is 0 Å². The summed E-state index contributed by atoms with van der Waals surface area (Å²) in [5, 5.41) is 6.64. The fraction of sp³-hybridized carbons (Fsp3) is 0.412. The second-order valence-electron chi connectivity index (χ2n) is 5.63. The Kier molecular flexibility index (Phi) is 4.62. The predicted molar refractivity (Wildman–Crippen MR) is 84.8 cm³/mol. The fourth-order valence-corrected chi connectivity index (χ4v) is 2.63. The third-order valence-corrected chi connectivity index (χ3v) is 3.81. The predicted octanol–water partition coefficient (Wildman–Crippen LogP) is 3.10. The number of ether oxygens (including phenoxy) is 2. The summed E-state index contributed by atoms with van der Waals surface area (Å²) in [4.78, 5) is 12.3. The van der Waals surface area contributed by atoms with Crippen LogP contribution in [-0.4, -0.2) is 30.4 Å². The first-order valence-electron chi connectivity index (χ1n) is 7.72. The van der Waals surface area contributed by atoms with Crippen molar-refractivity contribution in [1.82, 2.24) is 5.16 Å². The summed E-state index contributed by atoms with van der Waals surface area (Å²) in [6, 6.07) is 7.31. The molecule has 1 fully saturated rings. The molecule has 0 spiro atoms. The van der Waals surface area contributed by atoms with Gasteiger partial charge in [-0.1, -0.05) is 11.2 Å². The van der Waals surface area contributed by atoms with Crippen LogP contribution in [0.25, 0.3) is 0 Å². The van der Waals surface area contributed by atoms with Gasteiger partial charge < -0.3 is 19.3 Å². The van der Waals surface area contributed by atoms with Crippen LogP contribution in [0.4, 0.5) is 5.69 Å². The Balaban J connectivity index is 1.64. The van der Waals surface area contributed by atoms with Gasteiger partial charge in [-0.3, -0.25) is 4.79 Å². The first-order valence-corrected chi connectivity index (χ1v) is 7.72. The molecule has 3 rings (SSSR count). The van der Waals surface area contributed by atoms with Crippen molar-refractivity contribution < 1.29 is 18.8 Å². The van der Waals surface area contributed by atoms with E-state index in [4.69, 9.17) is 14.0 Å². The molecule has 1 aromatic carbocycles. The molecule has 1 aromatic heterocycles. The lowest BCUT2D eigenvalue weighted by atomic mass is 10.2. The summed E-state index contributed by atoms with van der Waals surface area (Å²) in [6.07, 6.45) is 2.28. The van der Waals surface area contributed by atoms with E-state index in [1.807, 2.05) is 18.2 Å². The van der Waals surface area contributed by atoms with Crippen molar-refractivity contribution in [2.75, 3.05) is 18.5 Å². The van der Waals surface area contributed by atoms with Crippen molar-refractivity contribution in [2.45, 2.75) is 32.8 Å². The normalized spacial score (nSPS) is 17.2. The lowest BCUT2D eigenvalue weighted by Gasteiger charge is -2.12. The van der Waals surface area contributed by atoms with E-state index in [0.29, 0.717) is 35.1 Å². The molecule has 1 saturated heterocycles. The zero-order valence-electron chi connectivity index (χ0n) is 13.3. The van der Waals surface area contributed by atoms with E-state index < -0.39 is 0 Å². The van der Waals surface area contributed by atoms with Crippen LogP contribution in [0.2, 0.25) is 0 Å². The van der Waals surface area contributed by atoms with Crippen LogP contribution in [0.1, 0.15) is 34.7 Å². The third-order valence-electron chi connectivity index (χ3n) is 3.81. The molecule has 1 atom stereocenters. The molecular weight excluding hydrogens is 296 g/mol. The number of aryl methyl sites for hydroxylation is 2. The van der Waals surface area contributed by atoms with Crippen LogP contribution in [0, 0.1) is 13.8 Å². The van der Waals surface area contributed by atoms with Crippen LogP contribution >= 0.6 is 0 Å². The second-order valence-corrected chi connectivity index (χ2v) is 5.63. The smallest absolute Gasteiger partial charge is 0.261 e. The Bertz CT molecular complexity index is 670. The van der Waals surface area contributed by atoms with Crippen molar-refractivity contribution in [3.63, 3.8) is 0 Å². The summed E-state index contributed by atoms with van der Waals surface area (Å²) in [5.41, 5.74) is 1.71. The molecule has 6 heteroatoms. The van der Waals surface area contributed by atoms with Gasteiger partial charge in [0.1, 0.15) is 23.7 Å². The molecule has 0 saturated carbocycles. The number of rotatable bonds is 5. The molecular formula is C17H20N2O4. The van der Waals surface area contributed by atoms with Gasteiger partial charge in [0, 0.05) is 18.4 Å². The molecule has 1 amide bonds. The van der Waals surface area contributed by atoms with Gasteiger partial charge in [-0.05, 0) is 38.8 Å². The number of benzene rings is 1. The van der Waals surface area contributed by atoms with Gasteiger partial charge in [0.15, 0.2) is 0 Å². The minimum Gasteiger partial charge on any atom is -0.491 e. The number of hydrogen-bond donors (Lipinski definition) is 1. The third kappa shape index (κ3) is 3.71. The molecule has 6 nitrogen and oxygen atoms in total. The van der Waals surface area contributed by atoms with Crippen molar-refractivity contribution in [1.29, 1.82) is 0 Å². The van der Waals surface area contributed by atoms with Gasteiger partial charge in [-0.15, -0.1) is 0 Å². The average Bonchev–Trinajstić information content (AvgIpc) is 3.15. The first-order chi connectivity index (χ1) is 11.1. The number of nitrogens with one attached hydrogen (secondary N) is 1. The van der Waals surface area contributed by atoms with E-state index in [2.05, 4.69) is 10.5 Å².